The SMILES string of the molecule is CCNC(=NCc1ccco1)NCCc1ccc(N(C)C)cc1. The van der Waals surface area contributed by atoms with Crippen LogP contribution in [0.15, 0.2) is 52.1 Å². The Labute approximate surface area is 138 Å². The van der Waals surface area contributed by atoms with Gasteiger partial charge in [0.05, 0.1) is 6.26 Å². The molecule has 1 aromatic heterocycles. The maximum Gasteiger partial charge on any atom is 0.191 e. The third kappa shape index (κ3) is 5.70. The lowest BCUT2D eigenvalue weighted by Crippen LogP contribution is -2.38. The Bertz CT molecular complexity index is 588. The highest BCUT2D eigenvalue weighted by atomic mass is 16.3. The lowest BCUT2D eigenvalue weighted by atomic mass is 10.1. The first-order chi connectivity index (χ1) is 11.2. The standard InChI is InChI=1S/C18H26N4O/c1-4-19-18(21-14-17-6-5-13-23-17)20-12-11-15-7-9-16(10-8-15)22(2)3/h5-10,13H,4,11-12,14H2,1-3H3,(H2,19,20,21). The first-order valence-electron chi connectivity index (χ1n) is 8.00. The molecule has 0 amide bonds. The smallest absolute Gasteiger partial charge is 0.191 e. The van der Waals surface area contributed by atoms with Gasteiger partial charge in [0.1, 0.15) is 12.3 Å². The van der Waals surface area contributed by atoms with E-state index in [9.17, 15) is 0 Å². The minimum Gasteiger partial charge on any atom is -0.467 e. The minimum atomic E-state index is 0.542. The Morgan fingerprint density at radius 3 is 2.52 bits per heavy atom. The number of hydrogen-bond acceptors (Lipinski definition) is 3. The second-order valence-corrected chi connectivity index (χ2v) is 5.51. The number of nitrogens with one attached hydrogen (secondary N) is 2. The van der Waals surface area contributed by atoms with Crippen LogP contribution in [0.1, 0.15) is 18.2 Å². The summed E-state index contributed by atoms with van der Waals surface area (Å²) in [6.07, 6.45) is 2.63. The number of anilines is 1. The second-order valence-electron chi connectivity index (χ2n) is 5.51. The molecule has 0 saturated carbocycles. The van der Waals surface area contributed by atoms with E-state index in [-0.39, 0.29) is 0 Å². The molecule has 2 rings (SSSR count). The van der Waals surface area contributed by atoms with Crippen molar-refractivity contribution < 1.29 is 4.42 Å². The van der Waals surface area contributed by atoms with E-state index in [1.54, 1.807) is 6.26 Å². The zero-order chi connectivity index (χ0) is 16.5. The summed E-state index contributed by atoms with van der Waals surface area (Å²) in [6.45, 7) is 4.27. The van der Waals surface area contributed by atoms with Gasteiger partial charge in [0.2, 0.25) is 0 Å². The van der Waals surface area contributed by atoms with Crippen LogP contribution in [-0.4, -0.2) is 33.1 Å². The van der Waals surface area contributed by atoms with Crippen molar-refractivity contribution in [3.63, 3.8) is 0 Å². The van der Waals surface area contributed by atoms with Gasteiger partial charge in [-0.2, -0.15) is 0 Å². The Kier molecular flexibility index (Phi) is 6.54. The van der Waals surface area contributed by atoms with Crippen LogP contribution in [0.4, 0.5) is 5.69 Å². The van der Waals surface area contributed by atoms with E-state index in [4.69, 9.17) is 4.42 Å². The van der Waals surface area contributed by atoms with Gasteiger partial charge >= 0.3 is 0 Å². The summed E-state index contributed by atoms with van der Waals surface area (Å²) >= 11 is 0. The summed E-state index contributed by atoms with van der Waals surface area (Å²) < 4.78 is 5.30. The number of guanidine groups is 1. The summed E-state index contributed by atoms with van der Waals surface area (Å²) in [7, 11) is 4.10. The van der Waals surface area contributed by atoms with Crippen LogP contribution in [0.2, 0.25) is 0 Å². The van der Waals surface area contributed by atoms with Crippen molar-refractivity contribution in [2.24, 2.45) is 4.99 Å². The molecule has 0 aliphatic heterocycles. The molecular formula is C18H26N4O. The van der Waals surface area contributed by atoms with Gasteiger partial charge in [-0.3, -0.25) is 0 Å². The fraction of sp³-hybridized carbons (Fsp3) is 0.389. The first kappa shape index (κ1) is 16.9. The summed E-state index contributed by atoms with van der Waals surface area (Å²) in [5, 5.41) is 6.60. The average Bonchev–Trinajstić information content (AvgIpc) is 3.06. The molecule has 0 fully saturated rings. The normalized spacial score (nSPS) is 11.3. The van der Waals surface area contributed by atoms with Gasteiger partial charge in [0, 0.05) is 32.9 Å². The lowest BCUT2D eigenvalue weighted by molar-refractivity contribution is 0.512. The summed E-state index contributed by atoms with van der Waals surface area (Å²) in [6, 6.07) is 12.4. The van der Waals surface area contributed by atoms with E-state index in [0.29, 0.717) is 6.54 Å². The topological polar surface area (TPSA) is 52.8 Å². The maximum absolute atomic E-state index is 5.30. The molecule has 5 heteroatoms. The van der Waals surface area contributed by atoms with Crippen molar-refractivity contribution in [3.8, 4) is 0 Å². The van der Waals surface area contributed by atoms with E-state index in [1.165, 1.54) is 11.3 Å². The van der Waals surface area contributed by atoms with Crippen LogP contribution in [0.5, 0.6) is 0 Å². The number of rotatable bonds is 7. The molecule has 1 heterocycles. The van der Waals surface area contributed by atoms with Gasteiger partial charge in [-0.05, 0) is 43.2 Å². The van der Waals surface area contributed by atoms with Crippen molar-refractivity contribution in [1.29, 1.82) is 0 Å². The fourth-order valence-corrected chi connectivity index (χ4v) is 2.19. The third-order valence-electron chi connectivity index (χ3n) is 3.48. The largest absolute Gasteiger partial charge is 0.467 e. The Morgan fingerprint density at radius 2 is 1.91 bits per heavy atom. The van der Waals surface area contributed by atoms with Gasteiger partial charge in [-0.25, -0.2) is 4.99 Å². The molecule has 2 aromatic rings. The van der Waals surface area contributed by atoms with Gasteiger partial charge in [-0.15, -0.1) is 0 Å². The molecule has 1 aromatic carbocycles. The number of hydrogen-bond donors (Lipinski definition) is 2. The monoisotopic (exact) mass is 314 g/mol. The molecule has 0 aliphatic rings. The van der Waals surface area contributed by atoms with Crippen LogP contribution < -0.4 is 15.5 Å². The molecule has 0 bridgehead atoms. The number of benzene rings is 1. The predicted molar refractivity (Wildman–Crippen MR) is 96.0 cm³/mol. The Balaban J connectivity index is 1.82. The van der Waals surface area contributed by atoms with Crippen LogP contribution in [0.3, 0.4) is 0 Å². The third-order valence-corrected chi connectivity index (χ3v) is 3.48. The highest BCUT2D eigenvalue weighted by Gasteiger charge is 2.00. The number of nitrogens with zero attached hydrogens (tertiary/aromatic N) is 2. The highest BCUT2D eigenvalue weighted by Crippen LogP contribution is 2.12. The van der Waals surface area contributed by atoms with E-state index >= 15 is 0 Å². The van der Waals surface area contributed by atoms with Crippen LogP contribution in [0, 0.1) is 0 Å². The van der Waals surface area contributed by atoms with Crippen molar-refractivity contribution >= 4 is 11.6 Å². The van der Waals surface area contributed by atoms with Crippen molar-refractivity contribution in [1.82, 2.24) is 10.6 Å². The van der Waals surface area contributed by atoms with E-state index in [1.807, 2.05) is 12.1 Å². The van der Waals surface area contributed by atoms with E-state index < -0.39 is 0 Å². The summed E-state index contributed by atoms with van der Waals surface area (Å²) in [5.74, 6) is 1.68. The lowest BCUT2D eigenvalue weighted by Gasteiger charge is -2.13. The average molecular weight is 314 g/mol. The summed E-state index contributed by atoms with van der Waals surface area (Å²) in [5.41, 5.74) is 2.53. The minimum absolute atomic E-state index is 0.542. The van der Waals surface area contributed by atoms with E-state index in [2.05, 4.69) is 65.8 Å². The molecule has 0 spiro atoms. The molecular weight excluding hydrogens is 288 g/mol. The molecule has 0 unspecified atom stereocenters. The molecule has 0 atom stereocenters. The molecule has 0 aliphatic carbocycles. The van der Waals surface area contributed by atoms with Crippen LogP contribution in [-0.2, 0) is 13.0 Å². The zero-order valence-electron chi connectivity index (χ0n) is 14.2. The molecule has 5 nitrogen and oxygen atoms in total. The quantitative estimate of drug-likeness (QED) is 0.609. The number of aliphatic imine (C=N–C) groups is 1. The van der Waals surface area contributed by atoms with Crippen molar-refractivity contribution in [2.45, 2.75) is 19.9 Å². The molecule has 0 saturated heterocycles. The summed E-state index contributed by atoms with van der Waals surface area (Å²) in [4.78, 5) is 6.62. The molecule has 23 heavy (non-hydrogen) atoms. The highest BCUT2D eigenvalue weighted by molar-refractivity contribution is 5.79. The van der Waals surface area contributed by atoms with Crippen molar-refractivity contribution in [3.05, 3.63) is 54.0 Å². The Hall–Kier alpha value is -2.43. The molecule has 0 radical (unpaired) electrons. The molecule has 124 valence electrons. The Morgan fingerprint density at radius 1 is 1.13 bits per heavy atom. The van der Waals surface area contributed by atoms with Gasteiger partial charge in [0.15, 0.2) is 5.96 Å². The maximum atomic E-state index is 5.30. The predicted octanol–water partition coefficient (Wildman–Crippen LogP) is 2.64. The second kappa shape index (κ2) is 8.88. The van der Waals surface area contributed by atoms with E-state index in [0.717, 1.165) is 31.2 Å². The van der Waals surface area contributed by atoms with Gasteiger partial charge < -0.3 is 20.0 Å². The first-order valence-corrected chi connectivity index (χ1v) is 8.00. The number of furan rings is 1. The van der Waals surface area contributed by atoms with Crippen LogP contribution in [0.25, 0.3) is 0 Å². The molecule has 2 N–H and O–H groups in total. The van der Waals surface area contributed by atoms with Crippen LogP contribution >= 0.6 is 0 Å². The fourth-order valence-electron chi connectivity index (χ4n) is 2.19. The van der Waals surface area contributed by atoms with Gasteiger partial charge in [-0.1, -0.05) is 12.1 Å². The zero-order valence-corrected chi connectivity index (χ0v) is 14.2. The van der Waals surface area contributed by atoms with Gasteiger partial charge in [0.25, 0.3) is 0 Å². The van der Waals surface area contributed by atoms with Crippen molar-refractivity contribution in [2.75, 3.05) is 32.1 Å².